The molecule has 0 bridgehead atoms. The summed E-state index contributed by atoms with van der Waals surface area (Å²) in [4.78, 5) is 12.5. The standard InChI is InChI=1S/C19H12ClNO2/c20-16-9-12(21)6-8-14(16)18-10-17(22)15-7-5-11-3-1-2-4-13(11)19(15)23-18/h1-10H,21H2. The molecule has 0 saturated carbocycles. The van der Waals surface area contributed by atoms with Crippen molar-refractivity contribution >= 4 is 39.0 Å². The highest BCUT2D eigenvalue weighted by atomic mass is 35.5. The molecule has 0 fully saturated rings. The van der Waals surface area contributed by atoms with Crippen molar-refractivity contribution in [2.24, 2.45) is 0 Å². The highest BCUT2D eigenvalue weighted by Crippen LogP contribution is 2.32. The summed E-state index contributed by atoms with van der Waals surface area (Å²) >= 11 is 6.24. The number of benzene rings is 3. The normalized spacial score (nSPS) is 11.2. The Kier molecular flexibility index (Phi) is 3.10. The maximum Gasteiger partial charge on any atom is 0.193 e. The molecule has 0 amide bonds. The Morgan fingerprint density at radius 2 is 1.74 bits per heavy atom. The second-order valence-electron chi connectivity index (χ2n) is 5.38. The molecule has 4 aromatic rings. The van der Waals surface area contributed by atoms with Crippen LogP contribution in [0.4, 0.5) is 5.69 Å². The monoisotopic (exact) mass is 321 g/mol. The Morgan fingerprint density at radius 1 is 0.913 bits per heavy atom. The Bertz CT molecular complexity index is 1120. The number of halogens is 1. The van der Waals surface area contributed by atoms with Crippen LogP contribution in [0.3, 0.4) is 0 Å². The second kappa shape index (κ2) is 5.14. The van der Waals surface area contributed by atoms with Crippen molar-refractivity contribution in [1.82, 2.24) is 0 Å². The van der Waals surface area contributed by atoms with Crippen molar-refractivity contribution in [1.29, 1.82) is 0 Å². The molecule has 1 heterocycles. The van der Waals surface area contributed by atoms with Crippen LogP contribution in [-0.4, -0.2) is 0 Å². The van der Waals surface area contributed by atoms with Gasteiger partial charge in [0.05, 0.1) is 10.4 Å². The van der Waals surface area contributed by atoms with Gasteiger partial charge in [-0.2, -0.15) is 0 Å². The molecule has 0 unspecified atom stereocenters. The van der Waals surface area contributed by atoms with Gasteiger partial charge >= 0.3 is 0 Å². The zero-order chi connectivity index (χ0) is 16.0. The van der Waals surface area contributed by atoms with E-state index in [-0.39, 0.29) is 5.43 Å². The van der Waals surface area contributed by atoms with Crippen molar-refractivity contribution in [3.05, 3.63) is 75.9 Å². The summed E-state index contributed by atoms with van der Waals surface area (Å²) in [6, 6.07) is 18.1. The van der Waals surface area contributed by atoms with E-state index in [4.69, 9.17) is 21.8 Å². The van der Waals surface area contributed by atoms with E-state index in [0.29, 0.717) is 33.0 Å². The van der Waals surface area contributed by atoms with Gasteiger partial charge in [-0.15, -0.1) is 0 Å². The third-order valence-corrected chi connectivity index (χ3v) is 4.19. The summed E-state index contributed by atoms with van der Waals surface area (Å²) in [5.41, 5.74) is 7.40. The minimum absolute atomic E-state index is 0.0973. The number of hydrogen-bond acceptors (Lipinski definition) is 3. The lowest BCUT2D eigenvalue weighted by Gasteiger charge is -2.08. The molecule has 112 valence electrons. The van der Waals surface area contributed by atoms with Gasteiger partial charge in [0.15, 0.2) is 5.43 Å². The molecular formula is C19H12ClNO2. The smallest absolute Gasteiger partial charge is 0.193 e. The topological polar surface area (TPSA) is 56.2 Å². The van der Waals surface area contributed by atoms with Crippen molar-refractivity contribution in [2.45, 2.75) is 0 Å². The molecule has 0 radical (unpaired) electrons. The molecule has 3 aromatic carbocycles. The molecule has 4 heteroatoms. The van der Waals surface area contributed by atoms with Crippen LogP contribution < -0.4 is 11.2 Å². The van der Waals surface area contributed by atoms with E-state index in [0.717, 1.165) is 10.8 Å². The second-order valence-corrected chi connectivity index (χ2v) is 5.78. The number of nitrogen functional groups attached to an aromatic ring is 1. The van der Waals surface area contributed by atoms with Gasteiger partial charge in [-0.25, -0.2) is 0 Å². The van der Waals surface area contributed by atoms with E-state index in [1.807, 2.05) is 30.3 Å². The van der Waals surface area contributed by atoms with Crippen LogP contribution in [0.15, 0.2) is 69.9 Å². The van der Waals surface area contributed by atoms with E-state index < -0.39 is 0 Å². The van der Waals surface area contributed by atoms with Gasteiger partial charge in [-0.1, -0.05) is 41.9 Å². The maximum absolute atomic E-state index is 12.5. The third-order valence-electron chi connectivity index (χ3n) is 3.88. The molecule has 0 aliphatic heterocycles. The zero-order valence-corrected chi connectivity index (χ0v) is 12.8. The maximum atomic E-state index is 12.5. The first kappa shape index (κ1) is 13.9. The highest BCUT2D eigenvalue weighted by Gasteiger charge is 2.12. The van der Waals surface area contributed by atoms with Gasteiger partial charge < -0.3 is 10.2 Å². The molecule has 2 N–H and O–H groups in total. The van der Waals surface area contributed by atoms with Gasteiger partial charge in [0.2, 0.25) is 0 Å². The number of nitrogens with two attached hydrogens (primary N) is 1. The molecule has 23 heavy (non-hydrogen) atoms. The summed E-state index contributed by atoms with van der Waals surface area (Å²) in [7, 11) is 0. The van der Waals surface area contributed by atoms with Gasteiger partial charge in [0.25, 0.3) is 0 Å². The minimum Gasteiger partial charge on any atom is -0.455 e. The van der Waals surface area contributed by atoms with E-state index in [2.05, 4.69) is 0 Å². The molecule has 0 atom stereocenters. The largest absolute Gasteiger partial charge is 0.455 e. The fourth-order valence-electron chi connectivity index (χ4n) is 2.75. The first-order valence-corrected chi connectivity index (χ1v) is 7.52. The SMILES string of the molecule is Nc1ccc(-c2cc(=O)c3ccc4ccccc4c3o2)c(Cl)c1. The first-order chi connectivity index (χ1) is 11.1. The Morgan fingerprint density at radius 3 is 2.57 bits per heavy atom. The Balaban J connectivity index is 2.09. The van der Waals surface area contributed by atoms with Crippen molar-refractivity contribution in [2.75, 3.05) is 5.73 Å². The fraction of sp³-hybridized carbons (Fsp3) is 0. The van der Waals surface area contributed by atoms with Crippen LogP contribution in [0, 0.1) is 0 Å². The lowest BCUT2D eigenvalue weighted by Crippen LogP contribution is -2.01. The van der Waals surface area contributed by atoms with E-state index in [1.54, 1.807) is 24.3 Å². The summed E-state index contributed by atoms with van der Waals surface area (Å²) in [6.45, 7) is 0. The average Bonchev–Trinajstić information content (AvgIpc) is 2.54. The van der Waals surface area contributed by atoms with Crippen molar-refractivity contribution < 1.29 is 4.42 Å². The molecule has 3 nitrogen and oxygen atoms in total. The predicted octanol–water partition coefficient (Wildman–Crippen LogP) is 4.85. The van der Waals surface area contributed by atoms with Gasteiger partial charge in [-0.05, 0) is 29.7 Å². The van der Waals surface area contributed by atoms with Gasteiger partial charge in [0.1, 0.15) is 11.3 Å². The molecule has 0 aliphatic rings. The number of rotatable bonds is 1. The molecule has 0 spiro atoms. The van der Waals surface area contributed by atoms with Crippen LogP contribution in [0.2, 0.25) is 5.02 Å². The quantitative estimate of drug-likeness (QED) is 0.403. The Hall–Kier alpha value is -2.78. The molecular weight excluding hydrogens is 310 g/mol. The summed E-state index contributed by atoms with van der Waals surface area (Å²) in [6.07, 6.45) is 0. The van der Waals surface area contributed by atoms with Crippen LogP contribution in [0.1, 0.15) is 0 Å². The molecule has 4 rings (SSSR count). The highest BCUT2D eigenvalue weighted by molar-refractivity contribution is 6.33. The predicted molar refractivity (Wildman–Crippen MR) is 94.8 cm³/mol. The van der Waals surface area contributed by atoms with Gasteiger partial charge in [-0.3, -0.25) is 4.79 Å². The zero-order valence-electron chi connectivity index (χ0n) is 12.0. The lowest BCUT2D eigenvalue weighted by molar-refractivity contribution is 0.622. The summed E-state index contributed by atoms with van der Waals surface area (Å²) in [5, 5.41) is 2.92. The summed E-state index contributed by atoms with van der Waals surface area (Å²) in [5.74, 6) is 0.434. The Labute approximate surface area is 136 Å². The van der Waals surface area contributed by atoms with Crippen molar-refractivity contribution in [3.8, 4) is 11.3 Å². The number of anilines is 1. The van der Waals surface area contributed by atoms with Crippen LogP contribution in [0.5, 0.6) is 0 Å². The lowest BCUT2D eigenvalue weighted by atomic mass is 10.1. The number of hydrogen-bond donors (Lipinski definition) is 1. The number of fused-ring (bicyclic) bond motifs is 3. The van der Waals surface area contributed by atoms with Crippen LogP contribution >= 0.6 is 11.6 Å². The van der Waals surface area contributed by atoms with Crippen LogP contribution in [-0.2, 0) is 0 Å². The first-order valence-electron chi connectivity index (χ1n) is 7.14. The molecule has 1 aromatic heterocycles. The molecule has 0 aliphatic carbocycles. The average molecular weight is 322 g/mol. The molecule has 0 saturated heterocycles. The third kappa shape index (κ3) is 2.26. The van der Waals surface area contributed by atoms with E-state index in [1.165, 1.54) is 6.07 Å². The van der Waals surface area contributed by atoms with Gasteiger partial charge in [0, 0.05) is 22.7 Å². The van der Waals surface area contributed by atoms with E-state index >= 15 is 0 Å². The van der Waals surface area contributed by atoms with Crippen LogP contribution in [0.25, 0.3) is 33.1 Å². The summed E-state index contributed by atoms with van der Waals surface area (Å²) < 4.78 is 6.04. The van der Waals surface area contributed by atoms with E-state index in [9.17, 15) is 4.79 Å². The minimum atomic E-state index is -0.0973. The fourth-order valence-corrected chi connectivity index (χ4v) is 3.03. The van der Waals surface area contributed by atoms with Crippen molar-refractivity contribution in [3.63, 3.8) is 0 Å².